The Morgan fingerprint density at radius 2 is 1.50 bits per heavy atom. The van der Waals surface area contributed by atoms with E-state index in [1.807, 2.05) is 6.08 Å². The lowest BCUT2D eigenvalue weighted by atomic mass is 9.81. The third-order valence-electron chi connectivity index (χ3n) is 4.28. The zero-order valence-corrected chi connectivity index (χ0v) is 14.6. The number of allylic oxidation sites excluding steroid dienone is 2. The molecule has 0 rings (SSSR count). The van der Waals surface area contributed by atoms with E-state index in [0.29, 0.717) is 5.41 Å². The van der Waals surface area contributed by atoms with Gasteiger partial charge in [-0.25, -0.2) is 0 Å². The summed E-state index contributed by atoms with van der Waals surface area (Å²) in [6.07, 6.45) is 15.4. The van der Waals surface area contributed by atoms with Crippen LogP contribution in [0.3, 0.4) is 0 Å². The molecule has 0 atom stereocenters. The van der Waals surface area contributed by atoms with Crippen LogP contribution in [-0.2, 0) is 0 Å². The summed E-state index contributed by atoms with van der Waals surface area (Å²) in [6.45, 7) is 17.3. The molecule has 0 unspecified atom stereocenters. The fourth-order valence-corrected chi connectivity index (χ4v) is 2.70. The highest BCUT2D eigenvalue weighted by Gasteiger charge is 2.16. The lowest BCUT2D eigenvalue weighted by Crippen LogP contribution is -2.11. The van der Waals surface area contributed by atoms with Crippen LogP contribution in [0.1, 0.15) is 91.9 Å². The van der Waals surface area contributed by atoms with Crippen LogP contribution < -0.4 is 0 Å². The lowest BCUT2D eigenvalue weighted by Gasteiger charge is -2.25. The minimum Gasteiger partial charge on any atom is -0.0988 e. The normalized spacial score (nSPS) is 11.8. The van der Waals surface area contributed by atoms with Crippen LogP contribution in [0.2, 0.25) is 0 Å². The summed E-state index contributed by atoms with van der Waals surface area (Å²) in [5.74, 6) is 0.858. The fourth-order valence-electron chi connectivity index (χ4n) is 2.70. The first kappa shape index (κ1) is 19.5. The van der Waals surface area contributed by atoms with E-state index in [0.717, 1.165) is 12.3 Å². The van der Waals surface area contributed by atoms with Crippen molar-refractivity contribution in [3.63, 3.8) is 0 Å². The molecule has 0 aliphatic rings. The minimum atomic E-state index is 0.548. The number of hydrogen-bond acceptors (Lipinski definition) is 0. The Morgan fingerprint density at radius 1 is 0.950 bits per heavy atom. The van der Waals surface area contributed by atoms with Crippen LogP contribution >= 0.6 is 0 Å². The van der Waals surface area contributed by atoms with Crippen molar-refractivity contribution in [2.45, 2.75) is 91.9 Å². The first-order valence-electron chi connectivity index (χ1n) is 8.67. The van der Waals surface area contributed by atoms with Crippen LogP contribution in [-0.4, -0.2) is 0 Å². The van der Waals surface area contributed by atoms with Gasteiger partial charge >= 0.3 is 0 Å². The molecule has 0 radical (unpaired) electrons. The van der Waals surface area contributed by atoms with Gasteiger partial charge in [0.1, 0.15) is 0 Å². The third-order valence-corrected chi connectivity index (χ3v) is 4.28. The summed E-state index contributed by atoms with van der Waals surface area (Å²) in [5.41, 5.74) is 1.74. The second-order valence-corrected chi connectivity index (χ2v) is 7.58. The third kappa shape index (κ3) is 12.5. The van der Waals surface area contributed by atoms with Crippen molar-refractivity contribution in [1.82, 2.24) is 0 Å². The molecule has 0 spiro atoms. The average Bonchev–Trinajstić information content (AvgIpc) is 2.36. The van der Waals surface area contributed by atoms with Crippen molar-refractivity contribution < 1.29 is 0 Å². The van der Waals surface area contributed by atoms with Gasteiger partial charge in [-0.3, -0.25) is 0 Å². The maximum absolute atomic E-state index is 3.96. The standard InChI is InChI=1S/C20H38/c1-7-19(4)15-11-9-8-10-12-16-20(5,6)17-13-14-18(2)3/h7,18H,1,4,8-17H2,2-3,5-6H3. The van der Waals surface area contributed by atoms with E-state index in [2.05, 4.69) is 40.9 Å². The molecule has 118 valence electrons. The molecule has 0 fully saturated rings. The predicted molar refractivity (Wildman–Crippen MR) is 94.1 cm³/mol. The lowest BCUT2D eigenvalue weighted by molar-refractivity contribution is 0.277. The highest BCUT2D eigenvalue weighted by Crippen LogP contribution is 2.30. The smallest absolute Gasteiger partial charge is 0.0285 e. The highest BCUT2D eigenvalue weighted by molar-refractivity contribution is 5.10. The van der Waals surface area contributed by atoms with E-state index in [4.69, 9.17) is 0 Å². The molecular weight excluding hydrogens is 240 g/mol. The van der Waals surface area contributed by atoms with E-state index >= 15 is 0 Å². The Morgan fingerprint density at radius 3 is 2.10 bits per heavy atom. The van der Waals surface area contributed by atoms with Gasteiger partial charge in [0.05, 0.1) is 0 Å². The van der Waals surface area contributed by atoms with Crippen LogP contribution in [0.4, 0.5) is 0 Å². The zero-order valence-electron chi connectivity index (χ0n) is 14.6. The Balaban J connectivity index is 3.48. The number of hydrogen-bond donors (Lipinski definition) is 0. The summed E-state index contributed by atoms with van der Waals surface area (Å²) in [6, 6.07) is 0. The van der Waals surface area contributed by atoms with Gasteiger partial charge < -0.3 is 0 Å². The molecule has 0 aromatic heterocycles. The van der Waals surface area contributed by atoms with Crippen molar-refractivity contribution >= 4 is 0 Å². The molecule has 0 aromatic rings. The van der Waals surface area contributed by atoms with E-state index in [1.54, 1.807) is 0 Å². The molecule has 0 heterocycles. The van der Waals surface area contributed by atoms with Crippen LogP contribution in [0.15, 0.2) is 24.8 Å². The second kappa shape index (κ2) is 11.2. The zero-order chi connectivity index (χ0) is 15.4. The summed E-state index contributed by atoms with van der Waals surface area (Å²) < 4.78 is 0. The molecule has 0 heteroatoms. The summed E-state index contributed by atoms with van der Waals surface area (Å²) in [7, 11) is 0. The maximum atomic E-state index is 3.96. The molecule has 0 aliphatic carbocycles. The van der Waals surface area contributed by atoms with Gasteiger partial charge in [0.2, 0.25) is 0 Å². The van der Waals surface area contributed by atoms with Crippen LogP contribution in [0, 0.1) is 11.3 Å². The van der Waals surface area contributed by atoms with E-state index in [9.17, 15) is 0 Å². The quantitative estimate of drug-likeness (QED) is 0.245. The van der Waals surface area contributed by atoms with Gasteiger partial charge in [0.25, 0.3) is 0 Å². The molecule has 20 heavy (non-hydrogen) atoms. The van der Waals surface area contributed by atoms with Crippen molar-refractivity contribution in [3.05, 3.63) is 24.8 Å². The Bertz CT molecular complexity index is 257. The topological polar surface area (TPSA) is 0 Å². The van der Waals surface area contributed by atoms with Gasteiger partial charge in [-0.05, 0) is 37.0 Å². The Hall–Kier alpha value is -0.520. The number of unbranched alkanes of at least 4 members (excludes halogenated alkanes) is 4. The van der Waals surface area contributed by atoms with Crippen molar-refractivity contribution in [1.29, 1.82) is 0 Å². The SMILES string of the molecule is C=CC(=C)CCCCCCCC(C)(C)CCCC(C)C. The van der Waals surface area contributed by atoms with Gasteiger partial charge in [0, 0.05) is 0 Å². The molecule has 0 aromatic carbocycles. The predicted octanol–water partition coefficient (Wildman–Crippen LogP) is 7.31. The van der Waals surface area contributed by atoms with Gasteiger partial charge in [0.15, 0.2) is 0 Å². The van der Waals surface area contributed by atoms with Crippen molar-refractivity contribution in [3.8, 4) is 0 Å². The first-order chi connectivity index (χ1) is 9.37. The summed E-state index contributed by atoms with van der Waals surface area (Å²) in [5, 5.41) is 0. The molecule has 0 amide bonds. The van der Waals surface area contributed by atoms with Crippen LogP contribution in [0.25, 0.3) is 0 Å². The maximum Gasteiger partial charge on any atom is -0.0285 e. The highest BCUT2D eigenvalue weighted by atomic mass is 14.2. The van der Waals surface area contributed by atoms with Crippen molar-refractivity contribution in [2.75, 3.05) is 0 Å². The van der Waals surface area contributed by atoms with Crippen LogP contribution in [0.5, 0.6) is 0 Å². The van der Waals surface area contributed by atoms with E-state index in [-0.39, 0.29) is 0 Å². The van der Waals surface area contributed by atoms with Crippen molar-refractivity contribution in [2.24, 2.45) is 11.3 Å². The molecule has 0 nitrogen and oxygen atoms in total. The Kier molecular flexibility index (Phi) is 10.9. The number of rotatable bonds is 13. The van der Waals surface area contributed by atoms with E-state index < -0.39 is 0 Å². The monoisotopic (exact) mass is 278 g/mol. The van der Waals surface area contributed by atoms with Gasteiger partial charge in [-0.2, -0.15) is 0 Å². The van der Waals surface area contributed by atoms with Gasteiger partial charge in [-0.15, -0.1) is 0 Å². The largest absolute Gasteiger partial charge is 0.0988 e. The molecule has 0 N–H and O–H groups in total. The molecule has 0 saturated heterocycles. The molecule has 0 bridgehead atoms. The molecule has 0 aliphatic heterocycles. The summed E-state index contributed by atoms with van der Waals surface area (Å²) in [4.78, 5) is 0. The Labute approximate surface area is 128 Å². The molecular formula is C20H38. The molecule has 0 saturated carbocycles. The fraction of sp³-hybridized carbons (Fsp3) is 0.800. The first-order valence-corrected chi connectivity index (χ1v) is 8.67. The summed E-state index contributed by atoms with van der Waals surface area (Å²) >= 11 is 0. The average molecular weight is 279 g/mol. The minimum absolute atomic E-state index is 0.548. The second-order valence-electron chi connectivity index (χ2n) is 7.58. The van der Waals surface area contributed by atoms with Gasteiger partial charge in [-0.1, -0.05) is 91.0 Å². The van der Waals surface area contributed by atoms with E-state index in [1.165, 1.54) is 63.4 Å².